The summed E-state index contributed by atoms with van der Waals surface area (Å²) in [4.78, 5) is 11.0. The summed E-state index contributed by atoms with van der Waals surface area (Å²) in [5.41, 5.74) is 1.03. The van der Waals surface area contributed by atoms with Crippen LogP contribution in [0.1, 0.15) is 19.4 Å². The first kappa shape index (κ1) is 10.0. The minimum absolute atomic E-state index is 0.0904. The van der Waals surface area contributed by atoms with Crippen LogP contribution in [-0.2, 0) is 10.2 Å². The molecule has 1 atom stereocenters. The van der Waals surface area contributed by atoms with Crippen LogP contribution in [0.2, 0.25) is 0 Å². The molecular formula is C12H15NO2. The van der Waals surface area contributed by atoms with Crippen molar-refractivity contribution in [3.63, 3.8) is 0 Å². The minimum atomic E-state index is -0.316. The molecule has 15 heavy (non-hydrogen) atoms. The molecule has 1 aliphatic heterocycles. The zero-order chi connectivity index (χ0) is 10.9. The van der Waals surface area contributed by atoms with Crippen LogP contribution in [0.4, 0.5) is 4.79 Å². The maximum Gasteiger partial charge on any atom is 0.407 e. The second kappa shape index (κ2) is 3.57. The highest BCUT2D eigenvalue weighted by molar-refractivity contribution is 5.69. The van der Waals surface area contributed by atoms with Crippen molar-refractivity contribution >= 4 is 6.09 Å². The molecule has 1 N–H and O–H groups in total. The summed E-state index contributed by atoms with van der Waals surface area (Å²) in [6.07, 6.45) is -0.406. The molecule has 0 radical (unpaired) electrons. The van der Waals surface area contributed by atoms with Crippen molar-refractivity contribution in [1.29, 1.82) is 0 Å². The van der Waals surface area contributed by atoms with Gasteiger partial charge in [-0.05, 0) is 5.56 Å². The molecule has 3 nitrogen and oxygen atoms in total. The second-order valence-corrected chi connectivity index (χ2v) is 4.36. The number of carbonyl (C=O) groups excluding carboxylic acids is 1. The van der Waals surface area contributed by atoms with Gasteiger partial charge in [-0.1, -0.05) is 44.2 Å². The van der Waals surface area contributed by atoms with Crippen LogP contribution in [0.3, 0.4) is 0 Å². The van der Waals surface area contributed by atoms with E-state index in [9.17, 15) is 4.79 Å². The van der Waals surface area contributed by atoms with Crippen LogP contribution in [0.25, 0.3) is 0 Å². The number of ether oxygens (including phenoxy) is 1. The van der Waals surface area contributed by atoms with Gasteiger partial charge in [-0.2, -0.15) is 0 Å². The first-order valence-electron chi connectivity index (χ1n) is 5.11. The van der Waals surface area contributed by atoms with Gasteiger partial charge in [0.2, 0.25) is 0 Å². The van der Waals surface area contributed by atoms with Crippen LogP contribution in [0.15, 0.2) is 30.3 Å². The molecule has 0 saturated carbocycles. The lowest BCUT2D eigenvalue weighted by atomic mass is 9.79. The van der Waals surface area contributed by atoms with Crippen molar-refractivity contribution in [3.8, 4) is 0 Å². The number of nitrogens with one attached hydrogen (secondary N) is 1. The lowest BCUT2D eigenvalue weighted by molar-refractivity contribution is 0.0993. The monoisotopic (exact) mass is 205 g/mol. The zero-order valence-corrected chi connectivity index (χ0v) is 8.99. The minimum Gasteiger partial charge on any atom is -0.443 e. The Morgan fingerprint density at radius 3 is 2.53 bits per heavy atom. The predicted molar refractivity (Wildman–Crippen MR) is 57.7 cm³/mol. The standard InChI is InChI=1S/C12H15NO2/c1-12(2,9-6-4-3-5-7-9)10-8-13-11(14)15-10/h3-7,10H,8H2,1-2H3,(H,13,14). The number of benzene rings is 1. The van der Waals surface area contributed by atoms with Crippen LogP contribution >= 0.6 is 0 Å². The van der Waals surface area contributed by atoms with Crippen LogP contribution in [-0.4, -0.2) is 18.7 Å². The molecule has 1 aromatic carbocycles. The van der Waals surface area contributed by atoms with Crippen molar-refractivity contribution in [3.05, 3.63) is 35.9 Å². The van der Waals surface area contributed by atoms with Gasteiger partial charge in [-0.15, -0.1) is 0 Å². The molecule has 0 aromatic heterocycles. The predicted octanol–water partition coefficient (Wildman–Crippen LogP) is 2.07. The van der Waals surface area contributed by atoms with Crippen molar-refractivity contribution in [1.82, 2.24) is 5.32 Å². The molecule has 1 aliphatic rings. The number of alkyl carbamates (subject to hydrolysis) is 1. The fourth-order valence-electron chi connectivity index (χ4n) is 1.84. The topological polar surface area (TPSA) is 38.3 Å². The van der Waals surface area contributed by atoms with Gasteiger partial charge in [-0.3, -0.25) is 0 Å². The van der Waals surface area contributed by atoms with Crippen molar-refractivity contribution in [2.45, 2.75) is 25.4 Å². The normalized spacial score (nSPS) is 20.9. The summed E-state index contributed by atoms with van der Waals surface area (Å²) in [7, 11) is 0. The van der Waals surface area contributed by atoms with Crippen LogP contribution in [0, 0.1) is 0 Å². The van der Waals surface area contributed by atoms with Gasteiger partial charge in [0.25, 0.3) is 0 Å². The Kier molecular flexibility index (Phi) is 2.39. The first-order chi connectivity index (χ1) is 7.10. The molecule has 1 aromatic rings. The Labute approximate surface area is 89.4 Å². The summed E-state index contributed by atoms with van der Waals surface area (Å²) >= 11 is 0. The molecule has 1 saturated heterocycles. The van der Waals surface area contributed by atoms with E-state index in [4.69, 9.17) is 4.74 Å². The average molecular weight is 205 g/mol. The molecule has 0 bridgehead atoms. The lowest BCUT2D eigenvalue weighted by Gasteiger charge is -2.29. The molecule has 1 fully saturated rings. The van der Waals surface area contributed by atoms with Gasteiger partial charge >= 0.3 is 6.09 Å². The van der Waals surface area contributed by atoms with Gasteiger partial charge in [0.05, 0.1) is 6.54 Å². The van der Waals surface area contributed by atoms with E-state index in [0.717, 1.165) is 0 Å². The van der Waals surface area contributed by atoms with E-state index in [2.05, 4.69) is 31.3 Å². The number of hydrogen-bond donors (Lipinski definition) is 1. The van der Waals surface area contributed by atoms with E-state index in [0.29, 0.717) is 6.54 Å². The smallest absolute Gasteiger partial charge is 0.407 e. The third-order valence-electron chi connectivity index (χ3n) is 3.00. The molecule has 80 valence electrons. The maximum absolute atomic E-state index is 11.0. The highest BCUT2D eigenvalue weighted by Crippen LogP contribution is 2.30. The fraction of sp³-hybridized carbons (Fsp3) is 0.417. The SMILES string of the molecule is CC(C)(c1ccccc1)C1CNC(=O)O1. The van der Waals surface area contributed by atoms with Crippen LogP contribution < -0.4 is 5.32 Å². The Bertz CT molecular complexity index is 359. The highest BCUT2D eigenvalue weighted by atomic mass is 16.6. The number of carbonyl (C=O) groups is 1. The Hall–Kier alpha value is -1.51. The number of hydrogen-bond acceptors (Lipinski definition) is 2. The summed E-state index contributed by atoms with van der Waals surface area (Å²) in [6.45, 7) is 4.77. The van der Waals surface area contributed by atoms with Gasteiger partial charge in [-0.25, -0.2) is 4.79 Å². The average Bonchev–Trinajstić information content (AvgIpc) is 2.67. The Morgan fingerprint density at radius 1 is 1.33 bits per heavy atom. The second-order valence-electron chi connectivity index (χ2n) is 4.36. The number of rotatable bonds is 2. The molecule has 1 heterocycles. The number of amides is 1. The van der Waals surface area contributed by atoms with Crippen molar-refractivity contribution in [2.75, 3.05) is 6.54 Å². The van der Waals surface area contributed by atoms with Crippen LogP contribution in [0.5, 0.6) is 0 Å². The highest BCUT2D eigenvalue weighted by Gasteiger charge is 2.38. The molecule has 0 aliphatic carbocycles. The van der Waals surface area contributed by atoms with Gasteiger partial charge in [0, 0.05) is 5.41 Å². The van der Waals surface area contributed by atoms with Crippen molar-refractivity contribution in [2.24, 2.45) is 0 Å². The third-order valence-corrected chi connectivity index (χ3v) is 3.00. The molecule has 1 amide bonds. The number of cyclic esters (lactones) is 1. The van der Waals surface area contributed by atoms with Gasteiger partial charge in [0.15, 0.2) is 0 Å². The van der Waals surface area contributed by atoms with Gasteiger partial charge < -0.3 is 10.1 Å². The van der Waals surface area contributed by atoms with E-state index >= 15 is 0 Å². The van der Waals surface area contributed by atoms with E-state index < -0.39 is 0 Å². The van der Waals surface area contributed by atoms with E-state index in [1.165, 1.54) is 5.56 Å². The molecule has 0 spiro atoms. The Morgan fingerprint density at radius 2 is 2.00 bits per heavy atom. The third kappa shape index (κ3) is 1.82. The fourth-order valence-corrected chi connectivity index (χ4v) is 1.84. The molecule has 2 rings (SSSR count). The molecule has 3 heteroatoms. The van der Waals surface area contributed by atoms with E-state index in [-0.39, 0.29) is 17.6 Å². The van der Waals surface area contributed by atoms with Crippen molar-refractivity contribution < 1.29 is 9.53 Å². The summed E-state index contributed by atoms with van der Waals surface area (Å²) < 4.78 is 5.23. The summed E-state index contributed by atoms with van der Waals surface area (Å²) in [6, 6.07) is 10.1. The zero-order valence-electron chi connectivity index (χ0n) is 8.99. The van der Waals surface area contributed by atoms with E-state index in [1.54, 1.807) is 0 Å². The Balaban J connectivity index is 2.23. The summed E-state index contributed by atoms with van der Waals surface area (Å²) in [5.74, 6) is 0. The quantitative estimate of drug-likeness (QED) is 0.802. The van der Waals surface area contributed by atoms with E-state index in [1.807, 2.05) is 18.2 Å². The van der Waals surface area contributed by atoms with Gasteiger partial charge in [0.1, 0.15) is 6.10 Å². The largest absolute Gasteiger partial charge is 0.443 e. The first-order valence-corrected chi connectivity index (χ1v) is 5.11. The maximum atomic E-state index is 11.0. The lowest BCUT2D eigenvalue weighted by Crippen LogP contribution is -2.36. The molecular weight excluding hydrogens is 190 g/mol. The summed E-state index contributed by atoms with van der Waals surface area (Å²) in [5, 5.41) is 2.68. The molecule has 1 unspecified atom stereocenters.